The molecule has 90 valence electrons. The largest absolute Gasteiger partial charge is 0.326 e. The van der Waals surface area contributed by atoms with Gasteiger partial charge >= 0.3 is 0 Å². The first-order chi connectivity index (χ1) is 8.88. The minimum absolute atomic E-state index is 0.601. The molecule has 1 heteroatoms. The quantitative estimate of drug-likeness (QED) is 0.806. The highest BCUT2D eigenvalue weighted by molar-refractivity contribution is 5.48. The van der Waals surface area contributed by atoms with E-state index in [4.69, 9.17) is 5.73 Å². The van der Waals surface area contributed by atoms with Crippen LogP contribution in [0.3, 0.4) is 0 Å². The molecule has 0 radical (unpaired) electrons. The minimum atomic E-state index is 0.601. The van der Waals surface area contributed by atoms with Crippen LogP contribution in [0.15, 0.2) is 66.4 Å². The van der Waals surface area contributed by atoms with Gasteiger partial charge in [-0.25, -0.2) is 0 Å². The lowest BCUT2D eigenvalue weighted by Gasteiger charge is -1.98. The van der Waals surface area contributed by atoms with Crippen molar-refractivity contribution in [3.8, 4) is 0 Å². The van der Waals surface area contributed by atoms with Crippen molar-refractivity contribution >= 4 is 6.08 Å². The Labute approximate surface area is 108 Å². The Hall–Kier alpha value is -2.08. The number of nitrogens with two attached hydrogens (primary N) is 1. The lowest BCUT2D eigenvalue weighted by atomic mass is 10.1. The summed E-state index contributed by atoms with van der Waals surface area (Å²) in [7, 11) is 0. The zero-order valence-corrected chi connectivity index (χ0v) is 10.3. The highest BCUT2D eigenvalue weighted by atomic mass is 14.5. The fourth-order valence-electron chi connectivity index (χ4n) is 1.69. The molecule has 0 saturated heterocycles. The van der Waals surface area contributed by atoms with E-state index in [0.717, 1.165) is 6.42 Å². The summed E-state index contributed by atoms with van der Waals surface area (Å²) < 4.78 is 0. The Kier molecular flexibility index (Phi) is 4.54. The first-order valence-electron chi connectivity index (χ1n) is 6.12. The molecule has 0 aliphatic heterocycles. The third-order valence-electron chi connectivity index (χ3n) is 2.76. The van der Waals surface area contributed by atoms with Crippen LogP contribution < -0.4 is 5.73 Å². The maximum absolute atomic E-state index is 5.56. The first kappa shape index (κ1) is 12.4. The smallest absolute Gasteiger partial charge is 0.0178 e. The summed E-state index contributed by atoms with van der Waals surface area (Å²) in [4.78, 5) is 0. The molecule has 0 heterocycles. The molecule has 18 heavy (non-hydrogen) atoms. The molecule has 0 unspecified atom stereocenters. The van der Waals surface area contributed by atoms with Crippen LogP contribution in [0.2, 0.25) is 0 Å². The monoisotopic (exact) mass is 235 g/mol. The van der Waals surface area contributed by atoms with Crippen molar-refractivity contribution in [2.24, 2.45) is 5.73 Å². The minimum Gasteiger partial charge on any atom is -0.326 e. The summed E-state index contributed by atoms with van der Waals surface area (Å²) in [5, 5.41) is 0. The number of hydrogen-bond acceptors (Lipinski definition) is 1. The molecule has 0 amide bonds. The van der Waals surface area contributed by atoms with E-state index in [9.17, 15) is 0 Å². The first-order valence-corrected chi connectivity index (χ1v) is 6.12. The van der Waals surface area contributed by atoms with Crippen LogP contribution >= 0.6 is 0 Å². The maximum atomic E-state index is 5.56. The van der Waals surface area contributed by atoms with Gasteiger partial charge in [-0.05, 0) is 35.3 Å². The summed E-state index contributed by atoms with van der Waals surface area (Å²) in [6, 6.07) is 18.6. The molecule has 2 rings (SSSR count). The molecule has 1 nitrogen and oxygen atoms in total. The second-order valence-corrected chi connectivity index (χ2v) is 4.15. The van der Waals surface area contributed by atoms with Crippen molar-refractivity contribution in [3.63, 3.8) is 0 Å². The summed E-state index contributed by atoms with van der Waals surface area (Å²) in [5.74, 6) is 0. The number of allylic oxidation sites excluding steroid dienone is 1. The molecule has 0 bridgehead atoms. The van der Waals surface area contributed by atoms with Crippen molar-refractivity contribution in [1.82, 2.24) is 0 Å². The molecular formula is C17H17N. The lowest BCUT2D eigenvalue weighted by Crippen LogP contribution is -1.95. The molecule has 0 atom stereocenters. The van der Waals surface area contributed by atoms with E-state index in [2.05, 4.69) is 42.1 Å². The van der Waals surface area contributed by atoms with E-state index in [1.165, 1.54) is 16.7 Å². The summed E-state index contributed by atoms with van der Waals surface area (Å²) >= 11 is 0. The summed E-state index contributed by atoms with van der Waals surface area (Å²) in [6.07, 6.45) is 4.94. The molecule has 0 aliphatic rings. The van der Waals surface area contributed by atoms with Gasteiger partial charge < -0.3 is 5.73 Å². The van der Waals surface area contributed by atoms with E-state index in [1.807, 2.05) is 30.4 Å². The Morgan fingerprint density at radius 3 is 2.22 bits per heavy atom. The summed E-state index contributed by atoms with van der Waals surface area (Å²) in [5.41, 5.74) is 12.4. The lowest BCUT2D eigenvalue weighted by molar-refractivity contribution is 1.07. The van der Waals surface area contributed by atoms with Crippen LogP contribution in [-0.4, -0.2) is 0 Å². The van der Waals surface area contributed by atoms with E-state index in [-0.39, 0.29) is 0 Å². The van der Waals surface area contributed by atoms with Crippen LogP contribution in [-0.2, 0) is 13.0 Å². The molecular weight excluding hydrogens is 218 g/mol. The number of rotatable bonds is 4. The molecule has 0 saturated carbocycles. The molecule has 2 aromatic carbocycles. The SMILES string of the molecule is NCc1ccc(CC=C=Cc2ccccc2)cc1. The van der Waals surface area contributed by atoms with Crippen molar-refractivity contribution in [1.29, 1.82) is 0 Å². The Balaban J connectivity index is 1.96. The van der Waals surface area contributed by atoms with Gasteiger partial charge in [0.15, 0.2) is 0 Å². The molecule has 2 N–H and O–H groups in total. The van der Waals surface area contributed by atoms with Crippen LogP contribution in [0.25, 0.3) is 6.08 Å². The van der Waals surface area contributed by atoms with E-state index >= 15 is 0 Å². The topological polar surface area (TPSA) is 26.0 Å². The number of benzene rings is 2. The molecule has 0 aromatic heterocycles. The van der Waals surface area contributed by atoms with Gasteiger partial charge in [0.2, 0.25) is 0 Å². The fourth-order valence-corrected chi connectivity index (χ4v) is 1.69. The van der Waals surface area contributed by atoms with Crippen molar-refractivity contribution in [3.05, 3.63) is 83.1 Å². The van der Waals surface area contributed by atoms with Crippen molar-refractivity contribution < 1.29 is 0 Å². The Morgan fingerprint density at radius 1 is 0.889 bits per heavy atom. The van der Waals surface area contributed by atoms with Crippen LogP contribution in [0.5, 0.6) is 0 Å². The van der Waals surface area contributed by atoms with Gasteiger partial charge in [-0.2, -0.15) is 0 Å². The third kappa shape index (κ3) is 3.74. The van der Waals surface area contributed by atoms with E-state index in [0.29, 0.717) is 6.54 Å². The molecule has 0 aliphatic carbocycles. The summed E-state index contributed by atoms with van der Waals surface area (Å²) in [6.45, 7) is 0.601. The van der Waals surface area contributed by atoms with Gasteiger partial charge in [-0.1, -0.05) is 54.6 Å². The van der Waals surface area contributed by atoms with Crippen LogP contribution in [0.4, 0.5) is 0 Å². The standard InChI is InChI=1S/C17H17N/c18-14-17-12-10-16(11-13-17)9-5-4-8-15-6-2-1-3-7-15/h1-3,5-8,10-13H,9,14,18H2. The second-order valence-electron chi connectivity index (χ2n) is 4.15. The van der Waals surface area contributed by atoms with Crippen LogP contribution in [0.1, 0.15) is 16.7 Å². The zero-order chi connectivity index (χ0) is 12.6. The predicted molar refractivity (Wildman–Crippen MR) is 77.0 cm³/mol. The second kappa shape index (κ2) is 6.61. The van der Waals surface area contributed by atoms with Crippen molar-refractivity contribution in [2.75, 3.05) is 0 Å². The van der Waals surface area contributed by atoms with E-state index < -0.39 is 0 Å². The third-order valence-corrected chi connectivity index (χ3v) is 2.76. The van der Waals surface area contributed by atoms with Gasteiger partial charge in [0.05, 0.1) is 0 Å². The Bertz CT molecular complexity index is 532. The molecule has 0 spiro atoms. The average Bonchev–Trinajstić information content (AvgIpc) is 2.45. The Morgan fingerprint density at radius 2 is 1.56 bits per heavy atom. The fraction of sp³-hybridized carbons (Fsp3) is 0.118. The predicted octanol–water partition coefficient (Wildman–Crippen LogP) is 3.56. The average molecular weight is 235 g/mol. The van der Waals surface area contributed by atoms with E-state index in [1.54, 1.807) is 0 Å². The van der Waals surface area contributed by atoms with Gasteiger partial charge in [0.1, 0.15) is 0 Å². The van der Waals surface area contributed by atoms with Gasteiger partial charge in [0.25, 0.3) is 0 Å². The van der Waals surface area contributed by atoms with Crippen molar-refractivity contribution in [2.45, 2.75) is 13.0 Å². The normalized spacial score (nSPS) is 9.61. The highest BCUT2D eigenvalue weighted by Crippen LogP contribution is 2.05. The zero-order valence-electron chi connectivity index (χ0n) is 10.3. The maximum Gasteiger partial charge on any atom is 0.0178 e. The van der Waals surface area contributed by atoms with Gasteiger partial charge in [0, 0.05) is 6.54 Å². The van der Waals surface area contributed by atoms with Gasteiger partial charge in [-0.3, -0.25) is 0 Å². The molecule has 0 fully saturated rings. The van der Waals surface area contributed by atoms with Crippen LogP contribution in [0, 0.1) is 0 Å². The van der Waals surface area contributed by atoms with Gasteiger partial charge in [-0.15, -0.1) is 5.73 Å². The number of hydrogen-bond donors (Lipinski definition) is 1. The molecule has 2 aromatic rings. The highest BCUT2D eigenvalue weighted by Gasteiger charge is 1.90.